The average Bonchev–Trinajstić information content (AvgIpc) is 3.10. The van der Waals surface area contributed by atoms with Crippen molar-refractivity contribution in [2.24, 2.45) is 0 Å². The van der Waals surface area contributed by atoms with Crippen molar-refractivity contribution in [2.75, 3.05) is 0 Å². The molecular formula is C13H23N3S. The molecule has 17 heavy (non-hydrogen) atoms. The normalized spacial score (nSPS) is 15.4. The van der Waals surface area contributed by atoms with Crippen molar-refractivity contribution in [3.63, 3.8) is 0 Å². The van der Waals surface area contributed by atoms with Gasteiger partial charge in [0, 0.05) is 12.5 Å². The summed E-state index contributed by atoms with van der Waals surface area (Å²) in [5, 5.41) is 7.29. The molecule has 1 N–H and O–H groups in total. The van der Waals surface area contributed by atoms with Crippen molar-refractivity contribution in [1.82, 2.24) is 14.8 Å². The predicted octanol–water partition coefficient (Wildman–Crippen LogP) is 4.18. The SMILES string of the molecule is CCCCCCCCn1c(C2CC2)n[nH]c1=S. The number of nitrogens with zero attached hydrogens (tertiary/aromatic N) is 2. The maximum absolute atomic E-state index is 5.28. The highest BCUT2D eigenvalue weighted by molar-refractivity contribution is 7.71. The van der Waals surface area contributed by atoms with Crippen LogP contribution in [-0.4, -0.2) is 14.8 Å². The molecule has 96 valence electrons. The highest BCUT2D eigenvalue weighted by Crippen LogP contribution is 2.38. The van der Waals surface area contributed by atoms with E-state index in [4.69, 9.17) is 12.2 Å². The topological polar surface area (TPSA) is 33.6 Å². The average molecular weight is 253 g/mol. The molecule has 2 rings (SSSR count). The molecule has 1 aromatic rings. The van der Waals surface area contributed by atoms with Crippen LogP contribution in [0.4, 0.5) is 0 Å². The first-order chi connectivity index (χ1) is 8.33. The molecule has 1 saturated carbocycles. The van der Waals surface area contributed by atoms with Crippen molar-refractivity contribution in [3.8, 4) is 0 Å². The number of hydrogen-bond acceptors (Lipinski definition) is 2. The molecule has 0 unspecified atom stereocenters. The largest absolute Gasteiger partial charge is 0.304 e. The van der Waals surface area contributed by atoms with E-state index in [1.165, 1.54) is 57.2 Å². The summed E-state index contributed by atoms with van der Waals surface area (Å²) in [6.07, 6.45) is 10.6. The van der Waals surface area contributed by atoms with Crippen molar-refractivity contribution < 1.29 is 0 Å². The van der Waals surface area contributed by atoms with Crippen molar-refractivity contribution in [2.45, 2.75) is 70.8 Å². The van der Waals surface area contributed by atoms with E-state index in [9.17, 15) is 0 Å². The molecule has 4 heteroatoms. The lowest BCUT2D eigenvalue weighted by Gasteiger charge is -2.05. The summed E-state index contributed by atoms with van der Waals surface area (Å²) in [5.74, 6) is 1.88. The van der Waals surface area contributed by atoms with E-state index < -0.39 is 0 Å². The molecule has 0 atom stereocenters. The van der Waals surface area contributed by atoms with Crippen LogP contribution in [0.1, 0.15) is 70.0 Å². The fourth-order valence-corrected chi connectivity index (χ4v) is 2.48. The van der Waals surface area contributed by atoms with Crippen LogP contribution in [0.5, 0.6) is 0 Å². The second kappa shape index (κ2) is 6.34. The third-order valence-electron chi connectivity index (χ3n) is 3.47. The van der Waals surface area contributed by atoms with Crippen LogP contribution >= 0.6 is 12.2 Å². The Bertz CT molecular complexity index is 390. The van der Waals surface area contributed by atoms with Crippen molar-refractivity contribution in [3.05, 3.63) is 10.6 Å². The number of aromatic nitrogens is 3. The molecule has 1 aromatic heterocycles. The van der Waals surface area contributed by atoms with E-state index in [1.54, 1.807) is 0 Å². The lowest BCUT2D eigenvalue weighted by atomic mass is 10.1. The fraction of sp³-hybridized carbons (Fsp3) is 0.846. The van der Waals surface area contributed by atoms with E-state index in [0.717, 1.165) is 11.3 Å². The summed E-state index contributed by atoms with van der Waals surface area (Å²) >= 11 is 5.28. The third kappa shape index (κ3) is 3.66. The van der Waals surface area contributed by atoms with Gasteiger partial charge in [-0.25, -0.2) is 0 Å². The van der Waals surface area contributed by atoms with Gasteiger partial charge in [-0.05, 0) is 31.5 Å². The zero-order valence-electron chi connectivity index (χ0n) is 10.7. The zero-order chi connectivity index (χ0) is 12.1. The van der Waals surface area contributed by atoms with E-state index in [1.807, 2.05) is 0 Å². The molecule has 0 amide bonds. The number of unbranched alkanes of at least 4 members (excludes halogenated alkanes) is 5. The minimum atomic E-state index is 0.683. The first kappa shape index (κ1) is 12.8. The molecule has 0 saturated heterocycles. The Morgan fingerprint density at radius 1 is 1.24 bits per heavy atom. The molecule has 1 heterocycles. The second-order valence-electron chi connectivity index (χ2n) is 5.08. The van der Waals surface area contributed by atoms with Crippen molar-refractivity contribution >= 4 is 12.2 Å². The van der Waals surface area contributed by atoms with Crippen LogP contribution in [0.3, 0.4) is 0 Å². The van der Waals surface area contributed by atoms with E-state index in [-0.39, 0.29) is 0 Å². The van der Waals surface area contributed by atoms with Gasteiger partial charge in [-0.2, -0.15) is 5.10 Å². The fourth-order valence-electron chi connectivity index (χ4n) is 2.25. The number of nitrogens with one attached hydrogen (secondary N) is 1. The number of hydrogen-bond donors (Lipinski definition) is 1. The van der Waals surface area contributed by atoms with Gasteiger partial charge >= 0.3 is 0 Å². The highest BCUT2D eigenvalue weighted by atomic mass is 32.1. The number of H-pyrrole nitrogens is 1. The maximum atomic E-state index is 5.28. The van der Waals surface area contributed by atoms with Gasteiger partial charge in [-0.1, -0.05) is 39.0 Å². The molecule has 1 fully saturated rings. The number of rotatable bonds is 8. The summed E-state index contributed by atoms with van der Waals surface area (Å²) in [6.45, 7) is 3.31. The quantitative estimate of drug-likeness (QED) is 0.557. The molecule has 0 bridgehead atoms. The van der Waals surface area contributed by atoms with Crippen molar-refractivity contribution in [1.29, 1.82) is 0 Å². The Balaban J connectivity index is 1.74. The lowest BCUT2D eigenvalue weighted by molar-refractivity contribution is 0.543. The first-order valence-corrected chi connectivity index (χ1v) is 7.39. The smallest absolute Gasteiger partial charge is 0.195 e. The monoisotopic (exact) mass is 253 g/mol. The van der Waals surface area contributed by atoms with E-state index >= 15 is 0 Å². The van der Waals surface area contributed by atoms with Gasteiger partial charge in [0.15, 0.2) is 4.77 Å². The molecule has 1 aliphatic rings. The standard InChI is InChI=1S/C13H23N3S/c1-2-3-4-5-6-7-10-16-12(11-8-9-11)14-15-13(16)17/h11H,2-10H2,1H3,(H,15,17). The summed E-state index contributed by atoms with van der Waals surface area (Å²) in [5.41, 5.74) is 0. The van der Waals surface area contributed by atoms with Gasteiger partial charge in [0.1, 0.15) is 5.82 Å². The Hall–Kier alpha value is -0.640. The highest BCUT2D eigenvalue weighted by Gasteiger charge is 2.28. The van der Waals surface area contributed by atoms with Crippen LogP contribution in [0, 0.1) is 4.77 Å². The Labute approximate surface area is 109 Å². The minimum absolute atomic E-state index is 0.683. The van der Waals surface area contributed by atoms with Gasteiger partial charge in [0.2, 0.25) is 0 Å². The van der Waals surface area contributed by atoms with Gasteiger partial charge < -0.3 is 4.57 Å². The molecule has 3 nitrogen and oxygen atoms in total. The molecule has 0 spiro atoms. The molecule has 0 aliphatic heterocycles. The Morgan fingerprint density at radius 2 is 1.94 bits per heavy atom. The Kier molecular flexibility index (Phi) is 4.77. The van der Waals surface area contributed by atoms with Gasteiger partial charge in [0.25, 0.3) is 0 Å². The van der Waals surface area contributed by atoms with Crippen LogP contribution in [0.25, 0.3) is 0 Å². The minimum Gasteiger partial charge on any atom is -0.304 e. The zero-order valence-corrected chi connectivity index (χ0v) is 11.6. The molecule has 0 aromatic carbocycles. The maximum Gasteiger partial charge on any atom is 0.195 e. The van der Waals surface area contributed by atoms with Crippen LogP contribution in [0.15, 0.2) is 0 Å². The second-order valence-corrected chi connectivity index (χ2v) is 5.47. The predicted molar refractivity (Wildman–Crippen MR) is 72.8 cm³/mol. The molecular weight excluding hydrogens is 230 g/mol. The third-order valence-corrected chi connectivity index (χ3v) is 3.78. The van der Waals surface area contributed by atoms with E-state index in [0.29, 0.717) is 5.92 Å². The van der Waals surface area contributed by atoms with Crippen LogP contribution in [-0.2, 0) is 6.54 Å². The summed E-state index contributed by atoms with van der Waals surface area (Å²) in [6, 6.07) is 0. The van der Waals surface area contributed by atoms with Gasteiger partial charge in [-0.3, -0.25) is 5.10 Å². The van der Waals surface area contributed by atoms with E-state index in [2.05, 4.69) is 21.7 Å². The van der Waals surface area contributed by atoms with Crippen LogP contribution in [0.2, 0.25) is 0 Å². The van der Waals surface area contributed by atoms with Crippen LogP contribution < -0.4 is 0 Å². The molecule has 0 radical (unpaired) electrons. The lowest BCUT2D eigenvalue weighted by Crippen LogP contribution is -2.03. The first-order valence-electron chi connectivity index (χ1n) is 6.98. The van der Waals surface area contributed by atoms with Gasteiger partial charge in [-0.15, -0.1) is 0 Å². The summed E-state index contributed by atoms with van der Waals surface area (Å²) in [7, 11) is 0. The Morgan fingerprint density at radius 3 is 2.65 bits per heavy atom. The summed E-state index contributed by atoms with van der Waals surface area (Å²) < 4.78 is 3.02. The molecule has 1 aliphatic carbocycles. The summed E-state index contributed by atoms with van der Waals surface area (Å²) in [4.78, 5) is 0. The number of aromatic amines is 1. The van der Waals surface area contributed by atoms with Gasteiger partial charge in [0.05, 0.1) is 0 Å².